The number of para-hydroxylation sites is 1. The van der Waals surface area contributed by atoms with E-state index in [4.69, 9.17) is 5.73 Å². The Bertz CT molecular complexity index is 601. The van der Waals surface area contributed by atoms with E-state index < -0.39 is 0 Å². The Morgan fingerprint density at radius 2 is 2.00 bits per heavy atom. The predicted octanol–water partition coefficient (Wildman–Crippen LogP) is 3.24. The summed E-state index contributed by atoms with van der Waals surface area (Å²) < 4.78 is 0. The topological polar surface area (TPSA) is 38.9 Å². The predicted molar refractivity (Wildman–Crippen MR) is 75.5 cm³/mol. The van der Waals surface area contributed by atoms with Crippen molar-refractivity contribution in [2.75, 3.05) is 6.54 Å². The summed E-state index contributed by atoms with van der Waals surface area (Å²) in [5, 5.41) is 1.29. The quantitative estimate of drug-likeness (QED) is 0.875. The molecule has 2 N–H and O–H groups in total. The molecule has 2 aromatic rings. The zero-order valence-corrected chi connectivity index (χ0v) is 11.3. The number of pyridine rings is 1. The summed E-state index contributed by atoms with van der Waals surface area (Å²) in [6.07, 6.45) is 0. The molecule has 94 valence electrons. The second-order valence-corrected chi connectivity index (χ2v) is 6.01. The maximum Gasteiger partial charge on any atom is 0.0708 e. The Hall–Kier alpha value is -1.41. The third-order valence-electron chi connectivity index (χ3n) is 4.52. The van der Waals surface area contributed by atoms with Gasteiger partial charge in [0.2, 0.25) is 0 Å². The maximum atomic E-state index is 5.90. The van der Waals surface area contributed by atoms with Crippen molar-refractivity contribution in [3.63, 3.8) is 0 Å². The van der Waals surface area contributed by atoms with Gasteiger partial charge in [0, 0.05) is 11.1 Å². The highest BCUT2D eigenvalue weighted by Crippen LogP contribution is 2.64. The van der Waals surface area contributed by atoms with E-state index in [0.29, 0.717) is 17.3 Å². The molecule has 1 saturated carbocycles. The first-order chi connectivity index (χ1) is 8.55. The lowest BCUT2D eigenvalue weighted by atomic mass is 9.98. The molecule has 3 rings (SSSR count). The van der Waals surface area contributed by atoms with Gasteiger partial charge in [0.1, 0.15) is 0 Å². The minimum absolute atomic E-state index is 0.325. The first kappa shape index (κ1) is 11.7. The van der Waals surface area contributed by atoms with Crippen molar-refractivity contribution >= 4 is 10.9 Å². The Kier molecular flexibility index (Phi) is 2.46. The molecule has 1 aromatic heterocycles. The fraction of sp³-hybridized carbons (Fsp3) is 0.438. The maximum absolute atomic E-state index is 5.90. The number of nitrogens with zero attached hydrogens (tertiary/aromatic N) is 1. The molecule has 2 heteroatoms. The molecule has 0 saturated heterocycles. The minimum atomic E-state index is 0.325. The summed E-state index contributed by atoms with van der Waals surface area (Å²) in [6.45, 7) is 7.48. The number of fused-ring (bicyclic) bond motifs is 1. The van der Waals surface area contributed by atoms with Crippen molar-refractivity contribution < 1.29 is 0 Å². The van der Waals surface area contributed by atoms with E-state index in [1.54, 1.807) is 0 Å². The summed E-state index contributed by atoms with van der Waals surface area (Å²) in [7, 11) is 0. The molecule has 1 aliphatic rings. The third-order valence-corrected chi connectivity index (χ3v) is 4.52. The van der Waals surface area contributed by atoms with Gasteiger partial charge in [-0.15, -0.1) is 0 Å². The highest BCUT2D eigenvalue weighted by Gasteiger charge is 2.57. The van der Waals surface area contributed by atoms with Crippen LogP contribution in [0.15, 0.2) is 30.3 Å². The largest absolute Gasteiger partial charge is 0.330 e. The van der Waals surface area contributed by atoms with Crippen molar-refractivity contribution in [1.29, 1.82) is 0 Å². The van der Waals surface area contributed by atoms with Gasteiger partial charge in [-0.25, -0.2) is 0 Å². The molecule has 0 amide bonds. The van der Waals surface area contributed by atoms with Gasteiger partial charge in [0.05, 0.1) is 5.52 Å². The summed E-state index contributed by atoms with van der Waals surface area (Å²) in [5.41, 5.74) is 9.86. The van der Waals surface area contributed by atoms with Gasteiger partial charge < -0.3 is 5.73 Å². The normalized spacial score (nSPS) is 25.3. The first-order valence-corrected chi connectivity index (χ1v) is 6.62. The minimum Gasteiger partial charge on any atom is -0.330 e. The van der Waals surface area contributed by atoms with E-state index in [-0.39, 0.29) is 0 Å². The molecular formula is C16H20N2. The van der Waals surface area contributed by atoms with E-state index >= 15 is 0 Å². The zero-order valence-electron chi connectivity index (χ0n) is 11.3. The zero-order chi connectivity index (χ0) is 12.9. The lowest BCUT2D eigenvalue weighted by Crippen LogP contribution is -2.05. The van der Waals surface area contributed by atoms with Gasteiger partial charge in [-0.3, -0.25) is 4.98 Å². The molecule has 0 unspecified atom stereocenters. The summed E-state index contributed by atoms with van der Waals surface area (Å²) in [4.78, 5) is 4.61. The molecule has 0 bridgehead atoms. The highest BCUT2D eigenvalue weighted by atomic mass is 14.7. The molecule has 0 radical (unpaired) electrons. The van der Waals surface area contributed by atoms with Gasteiger partial charge in [-0.2, -0.15) is 0 Å². The highest BCUT2D eigenvalue weighted by molar-refractivity contribution is 5.83. The van der Waals surface area contributed by atoms with Crippen LogP contribution < -0.4 is 5.73 Å². The number of nitrogens with two attached hydrogens (primary N) is 1. The van der Waals surface area contributed by atoms with Gasteiger partial charge in [0.15, 0.2) is 0 Å². The standard InChI is InChI=1S/C16H20N2/c1-10-8-12(15-13(9-17)16(15,2)3)11-6-4-5-7-14(11)18-10/h4-8,13,15H,9,17H2,1-3H3/t13-,15-/m1/s1. The number of hydrogen-bond acceptors (Lipinski definition) is 2. The third kappa shape index (κ3) is 1.56. The van der Waals surface area contributed by atoms with Crippen LogP contribution in [0.3, 0.4) is 0 Å². The van der Waals surface area contributed by atoms with Crippen LogP contribution in [-0.2, 0) is 0 Å². The molecule has 18 heavy (non-hydrogen) atoms. The van der Waals surface area contributed by atoms with Crippen LogP contribution >= 0.6 is 0 Å². The molecule has 2 atom stereocenters. The Labute approximate surface area is 108 Å². The fourth-order valence-corrected chi connectivity index (χ4v) is 3.40. The molecule has 1 aromatic carbocycles. The van der Waals surface area contributed by atoms with Crippen molar-refractivity contribution in [2.24, 2.45) is 17.1 Å². The monoisotopic (exact) mass is 240 g/mol. The first-order valence-electron chi connectivity index (χ1n) is 6.62. The Morgan fingerprint density at radius 1 is 1.28 bits per heavy atom. The van der Waals surface area contributed by atoms with E-state index in [1.165, 1.54) is 10.9 Å². The average molecular weight is 240 g/mol. The SMILES string of the molecule is Cc1cc([C@@H]2[C@@H](CN)C2(C)C)c2ccccc2n1. The van der Waals surface area contributed by atoms with Gasteiger partial charge in [-0.05, 0) is 48.4 Å². The van der Waals surface area contributed by atoms with E-state index in [9.17, 15) is 0 Å². The van der Waals surface area contributed by atoms with Crippen molar-refractivity contribution in [3.8, 4) is 0 Å². The lowest BCUT2D eigenvalue weighted by Gasteiger charge is -2.09. The molecule has 1 heterocycles. The average Bonchev–Trinajstić information content (AvgIpc) is 2.89. The van der Waals surface area contributed by atoms with Crippen LogP contribution in [0.2, 0.25) is 0 Å². The number of aromatic nitrogens is 1. The number of hydrogen-bond donors (Lipinski definition) is 1. The van der Waals surface area contributed by atoms with Crippen molar-refractivity contribution in [1.82, 2.24) is 4.98 Å². The van der Waals surface area contributed by atoms with Gasteiger partial charge in [0.25, 0.3) is 0 Å². The smallest absolute Gasteiger partial charge is 0.0708 e. The molecule has 2 nitrogen and oxygen atoms in total. The van der Waals surface area contributed by atoms with Crippen LogP contribution in [0.5, 0.6) is 0 Å². The Morgan fingerprint density at radius 3 is 2.67 bits per heavy atom. The van der Waals surface area contributed by atoms with Crippen LogP contribution in [-0.4, -0.2) is 11.5 Å². The van der Waals surface area contributed by atoms with Crippen LogP contribution in [0.1, 0.15) is 31.0 Å². The second-order valence-electron chi connectivity index (χ2n) is 6.01. The second kappa shape index (κ2) is 3.79. The summed E-state index contributed by atoms with van der Waals surface area (Å²) >= 11 is 0. The number of rotatable bonds is 2. The van der Waals surface area contributed by atoms with E-state index in [2.05, 4.69) is 56.1 Å². The van der Waals surface area contributed by atoms with E-state index in [0.717, 1.165) is 17.8 Å². The van der Waals surface area contributed by atoms with Gasteiger partial charge >= 0.3 is 0 Å². The lowest BCUT2D eigenvalue weighted by molar-refractivity contribution is 0.559. The molecule has 1 fully saturated rings. The molecule has 0 spiro atoms. The van der Waals surface area contributed by atoms with Crippen LogP contribution in [0, 0.1) is 18.3 Å². The summed E-state index contributed by atoms with van der Waals surface area (Å²) in [6, 6.07) is 10.7. The number of benzene rings is 1. The van der Waals surface area contributed by atoms with Crippen molar-refractivity contribution in [2.45, 2.75) is 26.7 Å². The van der Waals surface area contributed by atoms with Crippen molar-refractivity contribution in [3.05, 3.63) is 41.6 Å². The Balaban J connectivity index is 2.18. The molecular weight excluding hydrogens is 220 g/mol. The van der Waals surface area contributed by atoms with Crippen LogP contribution in [0.4, 0.5) is 0 Å². The molecule has 0 aliphatic heterocycles. The fourth-order valence-electron chi connectivity index (χ4n) is 3.40. The van der Waals surface area contributed by atoms with Gasteiger partial charge in [-0.1, -0.05) is 32.0 Å². The summed E-state index contributed by atoms with van der Waals surface area (Å²) in [5.74, 6) is 1.18. The van der Waals surface area contributed by atoms with Crippen LogP contribution in [0.25, 0.3) is 10.9 Å². The molecule has 1 aliphatic carbocycles. The van der Waals surface area contributed by atoms with E-state index in [1.807, 2.05) is 0 Å². The number of aryl methyl sites for hydroxylation is 1.